The number of nitrogens with one attached hydrogen (secondary N) is 2. The summed E-state index contributed by atoms with van der Waals surface area (Å²) in [6, 6.07) is -0.754. The van der Waals surface area contributed by atoms with E-state index in [4.69, 9.17) is 0 Å². The highest BCUT2D eigenvalue weighted by atomic mass is 32.2. The molecule has 226 valence electrons. The third kappa shape index (κ3) is 5.27. The number of hydrogen-bond donors (Lipinski definition) is 5. The van der Waals surface area contributed by atoms with Gasteiger partial charge in [0.25, 0.3) is 0 Å². The molecule has 4 aliphatic rings. The van der Waals surface area contributed by atoms with Crippen molar-refractivity contribution < 1.29 is 28.5 Å². The number of aliphatic hydroxyl groups excluding tert-OH is 3. The summed E-state index contributed by atoms with van der Waals surface area (Å²) in [6.45, 7) is 11.9. The molecule has 0 heterocycles. The van der Waals surface area contributed by atoms with E-state index >= 15 is 0 Å². The molecule has 0 saturated heterocycles. The van der Waals surface area contributed by atoms with Crippen LogP contribution in [0.5, 0.6) is 0 Å². The van der Waals surface area contributed by atoms with Crippen molar-refractivity contribution in [2.75, 3.05) is 13.2 Å². The lowest BCUT2D eigenvalue weighted by Gasteiger charge is -2.64. The van der Waals surface area contributed by atoms with Crippen LogP contribution in [0.3, 0.4) is 0 Å². The van der Waals surface area contributed by atoms with Gasteiger partial charge in [0, 0.05) is 6.54 Å². The van der Waals surface area contributed by atoms with Crippen LogP contribution in [0.15, 0.2) is 0 Å². The molecule has 0 radical (unpaired) electrons. The molecular weight excluding hydrogens is 516 g/mol. The Morgan fingerprint density at radius 2 is 1.67 bits per heavy atom. The van der Waals surface area contributed by atoms with Crippen molar-refractivity contribution in [2.24, 2.45) is 52.3 Å². The average Bonchev–Trinajstić information content (AvgIpc) is 3.22. The number of sulfonamides is 1. The molecule has 4 fully saturated rings. The summed E-state index contributed by atoms with van der Waals surface area (Å²) in [7, 11) is -3.99. The molecule has 5 unspecified atom stereocenters. The average molecular weight is 571 g/mol. The van der Waals surface area contributed by atoms with E-state index in [-0.39, 0.29) is 29.0 Å². The lowest BCUT2D eigenvalue weighted by molar-refractivity contribution is -0.203. The number of carbonyl (C=O) groups is 1. The fourth-order valence-electron chi connectivity index (χ4n) is 9.93. The fourth-order valence-corrected chi connectivity index (χ4v) is 10.7. The van der Waals surface area contributed by atoms with Gasteiger partial charge in [-0.3, -0.25) is 0 Å². The standard InChI is InChI=1S/C30H54N2O6S/c1-7-20-24-16-19(34)10-13-30(24,6)23-11-14-29(5)21(8-9-22(29)25(23)26(20)35)18(2)12-15-31-27(36)32-39(37,38)28(3,4)17-33/h18-26,33-35H,7-17H2,1-6H3,(H2,31,32,36)/t18-,19-,20-,21?,22?,23?,24?,25?,26-,29-,30-/m1/s1. The highest BCUT2D eigenvalue weighted by Gasteiger charge is 2.64. The molecule has 0 aliphatic heterocycles. The Kier molecular flexibility index (Phi) is 8.81. The highest BCUT2D eigenvalue weighted by Crippen LogP contribution is 2.69. The zero-order valence-electron chi connectivity index (χ0n) is 24.9. The minimum Gasteiger partial charge on any atom is -0.395 e. The zero-order chi connectivity index (χ0) is 29.0. The molecule has 2 amide bonds. The lowest BCUT2D eigenvalue weighted by Crippen LogP contribution is -2.62. The summed E-state index contributed by atoms with van der Waals surface area (Å²) in [5, 5.41) is 34.4. The molecule has 4 saturated carbocycles. The monoisotopic (exact) mass is 570 g/mol. The molecular formula is C30H54N2O6S. The van der Waals surface area contributed by atoms with Crippen LogP contribution in [-0.4, -0.2) is 59.9 Å². The number of aliphatic hydroxyl groups is 3. The second kappa shape index (κ2) is 11.1. The van der Waals surface area contributed by atoms with Gasteiger partial charge < -0.3 is 20.6 Å². The predicted octanol–water partition coefficient (Wildman–Crippen LogP) is 4.04. The van der Waals surface area contributed by atoms with Gasteiger partial charge in [0.15, 0.2) is 0 Å². The minimum absolute atomic E-state index is 0.147. The molecule has 0 aromatic rings. The third-order valence-electron chi connectivity index (χ3n) is 12.4. The summed E-state index contributed by atoms with van der Waals surface area (Å²) in [5.41, 5.74) is 0.338. The first kappa shape index (κ1) is 31.0. The maximum absolute atomic E-state index is 12.3. The predicted molar refractivity (Wildman–Crippen MR) is 152 cm³/mol. The van der Waals surface area contributed by atoms with E-state index in [1.807, 2.05) is 4.72 Å². The van der Waals surface area contributed by atoms with Crippen molar-refractivity contribution in [2.45, 2.75) is 116 Å². The maximum Gasteiger partial charge on any atom is 0.328 e. The Bertz CT molecular complexity index is 1000. The van der Waals surface area contributed by atoms with Gasteiger partial charge in [0.2, 0.25) is 10.0 Å². The van der Waals surface area contributed by atoms with Crippen molar-refractivity contribution in [3.05, 3.63) is 0 Å². The lowest BCUT2D eigenvalue weighted by atomic mass is 9.41. The first-order valence-electron chi connectivity index (χ1n) is 15.4. The van der Waals surface area contributed by atoms with Crippen LogP contribution in [0, 0.1) is 52.3 Å². The van der Waals surface area contributed by atoms with E-state index in [1.165, 1.54) is 13.8 Å². The first-order chi connectivity index (χ1) is 18.1. The quantitative estimate of drug-likeness (QED) is 0.299. The second-order valence-corrected chi connectivity index (χ2v) is 17.0. The van der Waals surface area contributed by atoms with Crippen LogP contribution in [0.1, 0.15) is 99.3 Å². The number of carbonyl (C=O) groups excluding carboxylic acids is 1. The topological polar surface area (TPSA) is 136 Å². The van der Waals surface area contributed by atoms with Crippen LogP contribution in [0.25, 0.3) is 0 Å². The van der Waals surface area contributed by atoms with Gasteiger partial charge in [-0.1, -0.05) is 34.1 Å². The third-order valence-corrected chi connectivity index (χ3v) is 14.4. The largest absolute Gasteiger partial charge is 0.395 e. The second-order valence-electron chi connectivity index (χ2n) is 14.7. The van der Waals surface area contributed by atoms with Crippen molar-refractivity contribution in [1.82, 2.24) is 10.0 Å². The number of amides is 2. The zero-order valence-corrected chi connectivity index (χ0v) is 25.8. The number of fused-ring (bicyclic) bond motifs is 5. The summed E-state index contributed by atoms with van der Waals surface area (Å²) in [6.07, 6.45) is 8.49. The van der Waals surface area contributed by atoms with E-state index in [1.54, 1.807) is 0 Å². The molecule has 4 rings (SSSR count). The van der Waals surface area contributed by atoms with E-state index in [2.05, 4.69) is 33.0 Å². The van der Waals surface area contributed by atoms with Gasteiger partial charge in [0.05, 0.1) is 18.8 Å². The molecule has 11 atom stereocenters. The molecule has 0 aromatic heterocycles. The van der Waals surface area contributed by atoms with E-state index in [9.17, 15) is 28.5 Å². The molecule has 0 bridgehead atoms. The van der Waals surface area contributed by atoms with Gasteiger partial charge in [-0.05, 0) is 117 Å². The summed E-state index contributed by atoms with van der Waals surface area (Å²) in [4.78, 5) is 12.3. The van der Waals surface area contributed by atoms with Gasteiger partial charge in [0.1, 0.15) is 4.75 Å². The molecule has 0 aromatic carbocycles. The molecule has 9 heteroatoms. The van der Waals surface area contributed by atoms with E-state index in [0.717, 1.165) is 57.8 Å². The first-order valence-corrected chi connectivity index (χ1v) is 16.9. The van der Waals surface area contributed by atoms with Gasteiger partial charge in [-0.15, -0.1) is 0 Å². The van der Waals surface area contributed by atoms with Crippen LogP contribution >= 0.6 is 0 Å². The normalized spacial score (nSPS) is 43.1. The van der Waals surface area contributed by atoms with E-state index < -0.39 is 27.4 Å². The Balaban J connectivity index is 1.42. The maximum atomic E-state index is 12.3. The highest BCUT2D eigenvalue weighted by molar-refractivity contribution is 7.91. The molecule has 0 spiro atoms. The molecule has 39 heavy (non-hydrogen) atoms. The number of rotatable bonds is 8. The number of hydrogen-bond acceptors (Lipinski definition) is 6. The molecule has 5 N–H and O–H groups in total. The van der Waals surface area contributed by atoms with Crippen molar-refractivity contribution in [3.8, 4) is 0 Å². The Morgan fingerprint density at radius 1 is 1.03 bits per heavy atom. The smallest absolute Gasteiger partial charge is 0.328 e. The summed E-state index contributed by atoms with van der Waals surface area (Å²) >= 11 is 0. The SMILES string of the molecule is CC[C@@H]1C2C[C@H](O)CC[C@]2(C)C2CC[C@@]3(C)C(CCC3[C@H](C)CCNC(=O)NS(=O)(=O)C(C)(C)CO)C2[C@@H]1O. The fraction of sp³-hybridized carbons (Fsp3) is 0.967. The summed E-state index contributed by atoms with van der Waals surface area (Å²) in [5.74, 6) is 2.81. The Labute approximate surface area is 236 Å². The van der Waals surface area contributed by atoms with Crippen molar-refractivity contribution in [3.63, 3.8) is 0 Å². The van der Waals surface area contributed by atoms with Crippen LogP contribution < -0.4 is 10.0 Å². The molecule has 4 aliphatic carbocycles. The van der Waals surface area contributed by atoms with Crippen molar-refractivity contribution in [1.29, 1.82) is 0 Å². The number of urea groups is 1. The van der Waals surface area contributed by atoms with Gasteiger partial charge in [-0.2, -0.15) is 0 Å². The summed E-state index contributed by atoms with van der Waals surface area (Å²) < 4.78 is 25.3. The van der Waals surface area contributed by atoms with E-state index in [0.29, 0.717) is 42.1 Å². The van der Waals surface area contributed by atoms with Gasteiger partial charge in [-0.25, -0.2) is 17.9 Å². The van der Waals surface area contributed by atoms with Crippen LogP contribution in [0.2, 0.25) is 0 Å². The Morgan fingerprint density at radius 3 is 2.31 bits per heavy atom. The van der Waals surface area contributed by atoms with Crippen molar-refractivity contribution >= 4 is 16.1 Å². The minimum atomic E-state index is -3.99. The van der Waals surface area contributed by atoms with Crippen LogP contribution in [0.4, 0.5) is 4.79 Å². The van der Waals surface area contributed by atoms with Gasteiger partial charge >= 0.3 is 6.03 Å². The Hall–Kier alpha value is -0.900. The van der Waals surface area contributed by atoms with Crippen LogP contribution in [-0.2, 0) is 10.0 Å². The molecule has 8 nitrogen and oxygen atoms in total.